The van der Waals surface area contributed by atoms with Crippen LogP contribution in [0.4, 0.5) is 0 Å². The van der Waals surface area contributed by atoms with Gasteiger partial charge < -0.3 is 75.8 Å². The van der Waals surface area contributed by atoms with Gasteiger partial charge in [-0.25, -0.2) is 38.4 Å². The van der Waals surface area contributed by atoms with Gasteiger partial charge >= 0.3 is 59.7 Å². The third-order valence-electron chi connectivity index (χ3n) is 16.8. The van der Waals surface area contributed by atoms with E-state index < -0.39 is 172 Å². The van der Waals surface area contributed by atoms with Gasteiger partial charge in [-0.15, -0.1) is 6.58 Å². The third kappa shape index (κ3) is 20.1. The van der Waals surface area contributed by atoms with Crippen molar-refractivity contribution < 1.29 is 124 Å². The van der Waals surface area contributed by atoms with E-state index in [1.165, 1.54) is 152 Å². The number of carbonyl (C=O) groups excluding carboxylic acids is 10. The number of carbonyl (C=O) groups is 10. The van der Waals surface area contributed by atoms with Gasteiger partial charge in [0.15, 0.2) is 67.7 Å². The summed E-state index contributed by atoms with van der Waals surface area (Å²) in [7, 11) is 0. The van der Waals surface area contributed by atoms with E-state index in [1.807, 2.05) is 0 Å². The van der Waals surface area contributed by atoms with Gasteiger partial charge in [0.2, 0.25) is 0 Å². The van der Waals surface area contributed by atoms with Gasteiger partial charge in [-0.05, 0) is 97.1 Å². The average molecular weight is 1460 g/mol. The van der Waals surface area contributed by atoms with Crippen LogP contribution in [0.3, 0.4) is 0 Å². The van der Waals surface area contributed by atoms with E-state index in [2.05, 4.69) is 6.58 Å². The molecule has 0 aromatic heterocycles. The second-order valence-corrected chi connectivity index (χ2v) is 24.2. The molecule has 15 atom stereocenters. The smallest absolute Gasteiger partial charge is 0.338 e. The molecule has 1 unspecified atom stereocenters. The van der Waals surface area contributed by atoms with Crippen molar-refractivity contribution in [2.24, 2.45) is 0 Å². The second-order valence-electron chi connectivity index (χ2n) is 24.2. The highest BCUT2D eigenvalue weighted by molar-refractivity contribution is 5.94. The van der Waals surface area contributed by atoms with Gasteiger partial charge in [0, 0.05) is 13.8 Å². The highest BCUT2D eigenvalue weighted by atomic mass is 16.8. The lowest BCUT2D eigenvalue weighted by Crippen LogP contribution is -2.68. The Kier molecular flexibility index (Phi) is 26.4. The number of ether oxygens (including phenoxy) is 16. The van der Waals surface area contributed by atoms with E-state index in [-0.39, 0.29) is 51.1 Å². The molecule has 3 fully saturated rings. The Labute approximate surface area is 613 Å². The largest absolute Gasteiger partial charge is 0.463 e. The van der Waals surface area contributed by atoms with E-state index in [0.29, 0.717) is 0 Å². The zero-order chi connectivity index (χ0) is 75.2. The lowest BCUT2D eigenvalue weighted by Gasteiger charge is -2.49. The Balaban J connectivity index is 1.09. The normalized spacial score (nSPS) is 23.7. The fraction of sp³-hybridized carbons (Fsp3) is 0.259. The minimum Gasteiger partial charge on any atom is -0.463 e. The number of rotatable bonds is 28. The van der Waals surface area contributed by atoms with Gasteiger partial charge in [-0.2, -0.15) is 0 Å². The molecule has 0 bridgehead atoms. The molecule has 552 valence electrons. The molecule has 0 spiro atoms. The molecule has 8 aromatic carbocycles. The molecule has 8 aromatic rings. The minimum atomic E-state index is -2.27. The maximum Gasteiger partial charge on any atom is 0.338 e. The fourth-order valence-corrected chi connectivity index (χ4v) is 11.7. The monoisotopic (exact) mass is 1460 g/mol. The van der Waals surface area contributed by atoms with Crippen LogP contribution in [0.25, 0.3) is 0 Å². The molecule has 26 heteroatoms. The Morgan fingerprint density at radius 2 is 0.533 bits per heavy atom. The Bertz CT molecular complexity index is 4330. The highest BCUT2D eigenvalue weighted by Crippen LogP contribution is 2.39. The third-order valence-corrected chi connectivity index (χ3v) is 16.8. The quantitative estimate of drug-likeness (QED) is 0.0250. The molecular formula is C81H72O26. The van der Waals surface area contributed by atoms with Crippen molar-refractivity contribution >= 4 is 59.7 Å². The summed E-state index contributed by atoms with van der Waals surface area (Å²) in [5.74, 6) is -10.2. The zero-order valence-electron chi connectivity index (χ0n) is 57.5. The first kappa shape index (κ1) is 76.1. The Morgan fingerprint density at radius 3 is 0.850 bits per heavy atom. The van der Waals surface area contributed by atoms with Crippen molar-refractivity contribution in [1.29, 1.82) is 0 Å². The Morgan fingerprint density at radius 1 is 0.280 bits per heavy atom. The number of esters is 10. The number of benzene rings is 8. The first-order valence-corrected chi connectivity index (χ1v) is 33.8. The van der Waals surface area contributed by atoms with Crippen molar-refractivity contribution in [3.63, 3.8) is 0 Å². The summed E-state index contributed by atoms with van der Waals surface area (Å²) in [4.78, 5) is 144. The van der Waals surface area contributed by atoms with Gasteiger partial charge in [0.25, 0.3) is 0 Å². The van der Waals surface area contributed by atoms with Crippen LogP contribution in [-0.2, 0) is 85.4 Å². The van der Waals surface area contributed by atoms with E-state index >= 15 is 4.79 Å². The first-order chi connectivity index (χ1) is 52.0. The van der Waals surface area contributed by atoms with Crippen molar-refractivity contribution in [3.05, 3.63) is 300 Å². The molecule has 11 rings (SSSR count). The van der Waals surface area contributed by atoms with Crippen LogP contribution in [0.15, 0.2) is 255 Å². The molecule has 0 N–H and O–H groups in total. The van der Waals surface area contributed by atoms with Crippen LogP contribution in [0.1, 0.15) is 96.7 Å². The SMILES string of the molecule is C=CCOC1O[C@H](COC(C)=O)[C@@H](OC(C)=O)[C@H](O[C@@H]2O[C@H](CO[C@@H]3O[C@H](COC(=O)c4ccccc4)[C@@H](OC(=O)c4ccccc4)[C@H](OC(=O)c4ccccc4)[C@H]3OC(=O)c3ccccc3)[C@@H](OC(=O)c3ccccc3)[C@H](OC(=O)c3ccccc3)[C@H]2OC(=O)c2ccccc2)[C@H]1OC(=O)c1ccccc1. The summed E-state index contributed by atoms with van der Waals surface area (Å²) in [6.07, 6.45) is -28.0. The predicted octanol–water partition coefficient (Wildman–Crippen LogP) is 9.70. The molecule has 0 radical (unpaired) electrons. The highest BCUT2D eigenvalue weighted by Gasteiger charge is 2.60. The molecule has 0 aliphatic carbocycles. The number of hydrogen-bond donors (Lipinski definition) is 0. The van der Waals surface area contributed by atoms with Crippen molar-refractivity contribution in [3.8, 4) is 0 Å². The Hall–Kier alpha value is -12.0. The van der Waals surface area contributed by atoms with E-state index in [4.69, 9.17) is 75.8 Å². The molecule has 0 saturated carbocycles. The summed E-state index contributed by atoms with van der Waals surface area (Å²) in [5, 5.41) is 0. The molecule has 107 heavy (non-hydrogen) atoms. The van der Waals surface area contributed by atoms with Crippen molar-refractivity contribution in [2.45, 2.75) is 106 Å². The average Bonchev–Trinajstić information content (AvgIpc) is 0.724. The van der Waals surface area contributed by atoms with Crippen LogP contribution >= 0.6 is 0 Å². The lowest BCUT2D eigenvalue weighted by atomic mass is 9.95. The zero-order valence-corrected chi connectivity index (χ0v) is 57.5. The van der Waals surface area contributed by atoms with Gasteiger partial charge in [0.05, 0.1) is 57.7 Å². The maximum atomic E-state index is 15.0. The molecule has 3 aliphatic heterocycles. The van der Waals surface area contributed by atoms with Crippen molar-refractivity contribution in [2.75, 3.05) is 26.4 Å². The fourth-order valence-electron chi connectivity index (χ4n) is 11.7. The molecule has 3 saturated heterocycles. The predicted molar refractivity (Wildman–Crippen MR) is 371 cm³/mol. The molecule has 0 amide bonds. The van der Waals surface area contributed by atoms with Crippen LogP contribution in [-0.4, -0.2) is 178 Å². The number of hydrogen-bond acceptors (Lipinski definition) is 26. The van der Waals surface area contributed by atoms with Crippen LogP contribution in [0.2, 0.25) is 0 Å². The van der Waals surface area contributed by atoms with E-state index in [0.717, 1.165) is 13.8 Å². The van der Waals surface area contributed by atoms with Gasteiger partial charge in [-0.1, -0.05) is 152 Å². The maximum absolute atomic E-state index is 15.0. The molecular weight excluding hydrogens is 1390 g/mol. The van der Waals surface area contributed by atoms with Crippen molar-refractivity contribution in [1.82, 2.24) is 0 Å². The second kappa shape index (κ2) is 37.1. The topological polar surface area (TPSA) is 318 Å². The summed E-state index contributed by atoms with van der Waals surface area (Å²) >= 11 is 0. The van der Waals surface area contributed by atoms with Gasteiger partial charge in [0.1, 0.15) is 37.6 Å². The minimum absolute atomic E-state index is 0.00483. The molecule has 3 aliphatic rings. The summed E-state index contributed by atoms with van der Waals surface area (Å²) < 4.78 is 102. The molecule has 26 nitrogen and oxygen atoms in total. The first-order valence-electron chi connectivity index (χ1n) is 33.8. The molecule has 3 heterocycles. The van der Waals surface area contributed by atoms with Gasteiger partial charge in [-0.3, -0.25) is 9.59 Å². The van der Waals surface area contributed by atoms with Crippen LogP contribution in [0, 0.1) is 0 Å². The standard InChI is InChI=1S/C81H72O26/c1-4-45-92-79-69(105-77(90)57-41-25-11-26-42-57)67(62(96-50(3)83)59(97-79)46-93-49(2)82)107-81-70(106-78(91)58-43-27-12-28-44-58)66(103-75(88)55-37-21-9-22-38-55)64(101-73(86)53-33-17-7-18-34-53)61(99-81)48-95-80-68(104-76(89)56-39-23-10-24-40-56)65(102-74(87)54-35-19-8-20-36-54)63(100-72(85)52-31-15-6-16-32-52)60(98-80)47-94-71(84)51-29-13-5-14-30-51/h4-44,59-70,79-81H,1,45-48H2,2-3H3/t59-,60-,61-,62-,63-,64-,65+,66+,67+,68-,69-,70-,79?,80-,81+/m1/s1. The lowest BCUT2D eigenvalue weighted by molar-refractivity contribution is -0.363. The summed E-state index contributed by atoms with van der Waals surface area (Å²) in [6, 6.07) is 60.5. The van der Waals surface area contributed by atoms with E-state index in [9.17, 15) is 43.2 Å². The van der Waals surface area contributed by atoms with Crippen LogP contribution < -0.4 is 0 Å². The van der Waals surface area contributed by atoms with Crippen LogP contribution in [0.5, 0.6) is 0 Å². The van der Waals surface area contributed by atoms with E-state index in [1.54, 1.807) is 97.1 Å². The summed E-state index contributed by atoms with van der Waals surface area (Å²) in [6.45, 7) is 3.07. The summed E-state index contributed by atoms with van der Waals surface area (Å²) in [5.41, 5.74) is -0.297.